The second-order valence-electron chi connectivity index (χ2n) is 5.46. The number of carbonyl (C=O) groups is 2. The van der Waals surface area contributed by atoms with Gasteiger partial charge in [-0.05, 0) is 43.3 Å². The Labute approximate surface area is 150 Å². The maximum Gasteiger partial charge on any atom is 0.251 e. The standard InChI is InChI=1S/C18H19N5O3/c1-2-26-14-8-6-13(7-9-14)18(25)20-12-17(24)19-11-16-22-21-15-5-3-4-10-23(15)16/h3-10H,2,11-12H2,1H3,(H,19,24)(H,20,25). The van der Waals surface area contributed by atoms with E-state index in [1.807, 2.05) is 31.3 Å². The Bertz CT molecular complexity index is 905. The molecule has 0 aliphatic rings. The molecule has 26 heavy (non-hydrogen) atoms. The number of ether oxygens (including phenoxy) is 1. The second kappa shape index (κ2) is 8.11. The summed E-state index contributed by atoms with van der Waals surface area (Å²) in [6, 6.07) is 12.3. The Balaban J connectivity index is 1.48. The summed E-state index contributed by atoms with van der Waals surface area (Å²) in [5.41, 5.74) is 1.17. The molecule has 0 bridgehead atoms. The van der Waals surface area contributed by atoms with Crippen LogP contribution in [0.15, 0.2) is 48.7 Å². The highest BCUT2D eigenvalue weighted by Gasteiger charge is 2.10. The summed E-state index contributed by atoms with van der Waals surface area (Å²) < 4.78 is 7.12. The minimum absolute atomic E-state index is 0.122. The van der Waals surface area contributed by atoms with Crippen LogP contribution in [0, 0.1) is 0 Å². The number of hydrogen-bond acceptors (Lipinski definition) is 5. The van der Waals surface area contributed by atoms with Crippen molar-refractivity contribution in [1.82, 2.24) is 25.2 Å². The SMILES string of the molecule is CCOc1ccc(C(=O)NCC(=O)NCc2nnc3ccccn23)cc1. The molecular formula is C18H19N5O3. The lowest BCUT2D eigenvalue weighted by Gasteiger charge is -2.07. The molecule has 3 rings (SSSR count). The lowest BCUT2D eigenvalue weighted by atomic mass is 10.2. The van der Waals surface area contributed by atoms with Crippen molar-refractivity contribution in [1.29, 1.82) is 0 Å². The maximum atomic E-state index is 12.1. The molecule has 8 nitrogen and oxygen atoms in total. The van der Waals surface area contributed by atoms with E-state index in [1.54, 1.807) is 28.7 Å². The smallest absolute Gasteiger partial charge is 0.251 e. The van der Waals surface area contributed by atoms with Gasteiger partial charge in [0.15, 0.2) is 11.5 Å². The second-order valence-corrected chi connectivity index (χ2v) is 5.46. The Kier molecular flexibility index (Phi) is 5.43. The average molecular weight is 353 g/mol. The first-order valence-corrected chi connectivity index (χ1v) is 8.24. The Morgan fingerprint density at radius 1 is 1.08 bits per heavy atom. The van der Waals surface area contributed by atoms with Crippen LogP contribution in [0.5, 0.6) is 5.75 Å². The summed E-state index contributed by atoms with van der Waals surface area (Å²) in [5, 5.41) is 13.3. The van der Waals surface area contributed by atoms with Crippen LogP contribution >= 0.6 is 0 Å². The van der Waals surface area contributed by atoms with Crippen LogP contribution in [0.1, 0.15) is 23.1 Å². The molecule has 0 fully saturated rings. The number of nitrogens with one attached hydrogen (secondary N) is 2. The molecule has 2 amide bonds. The summed E-state index contributed by atoms with van der Waals surface area (Å²) in [5.74, 6) is 0.683. The van der Waals surface area contributed by atoms with Gasteiger partial charge in [0.1, 0.15) is 5.75 Å². The topological polar surface area (TPSA) is 97.6 Å². The van der Waals surface area contributed by atoms with Gasteiger partial charge in [-0.1, -0.05) is 6.07 Å². The lowest BCUT2D eigenvalue weighted by Crippen LogP contribution is -2.36. The van der Waals surface area contributed by atoms with Crippen LogP contribution in [-0.4, -0.2) is 39.6 Å². The molecule has 134 valence electrons. The van der Waals surface area contributed by atoms with Crippen LogP contribution < -0.4 is 15.4 Å². The number of hydrogen-bond donors (Lipinski definition) is 2. The van der Waals surface area contributed by atoms with Crippen molar-refractivity contribution in [3.63, 3.8) is 0 Å². The summed E-state index contributed by atoms with van der Waals surface area (Å²) in [6.45, 7) is 2.56. The van der Waals surface area contributed by atoms with Crippen molar-refractivity contribution in [2.75, 3.05) is 13.2 Å². The molecule has 0 radical (unpaired) electrons. The van der Waals surface area contributed by atoms with Crippen molar-refractivity contribution in [2.45, 2.75) is 13.5 Å². The number of carbonyl (C=O) groups excluding carboxylic acids is 2. The van der Waals surface area contributed by atoms with Gasteiger partial charge in [-0.2, -0.15) is 0 Å². The van der Waals surface area contributed by atoms with Crippen LogP contribution in [-0.2, 0) is 11.3 Å². The Hall–Kier alpha value is -3.42. The van der Waals surface area contributed by atoms with Gasteiger partial charge < -0.3 is 15.4 Å². The molecule has 0 unspecified atom stereocenters. The predicted octanol–water partition coefficient (Wildman–Crippen LogP) is 1.17. The zero-order valence-corrected chi connectivity index (χ0v) is 14.3. The molecule has 0 saturated heterocycles. The van der Waals surface area contributed by atoms with Gasteiger partial charge in [-0.25, -0.2) is 0 Å². The van der Waals surface area contributed by atoms with Gasteiger partial charge in [0.2, 0.25) is 5.91 Å². The van der Waals surface area contributed by atoms with E-state index < -0.39 is 0 Å². The highest BCUT2D eigenvalue weighted by molar-refractivity contribution is 5.96. The maximum absolute atomic E-state index is 12.1. The highest BCUT2D eigenvalue weighted by atomic mass is 16.5. The van der Waals surface area contributed by atoms with Crippen LogP contribution in [0.4, 0.5) is 0 Å². The number of nitrogens with zero attached hydrogens (tertiary/aromatic N) is 3. The fraction of sp³-hybridized carbons (Fsp3) is 0.222. The molecule has 2 heterocycles. The molecular weight excluding hydrogens is 334 g/mol. The first-order valence-electron chi connectivity index (χ1n) is 8.24. The first kappa shape index (κ1) is 17.4. The van der Waals surface area contributed by atoms with Crippen molar-refractivity contribution in [2.24, 2.45) is 0 Å². The van der Waals surface area contributed by atoms with Crippen molar-refractivity contribution < 1.29 is 14.3 Å². The first-order chi connectivity index (χ1) is 12.7. The third-order valence-corrected chi connectivity index (χ3v) is 3.67. The van der Waals surface area contributed by atoms with E-state index in [2.05, 4.69) is 20.8 Å². The van der Waals surface area contributed by atoms with E-state index >= 15 is 0 Å². The number of aromatic nitrogens is 3. The number of rotatable bonds is 7. The van der Waals surface area contributed by atoms with Crippen molar-refractivity contribution >= 4 is 17.5 Å². The van der Waals surface area contributed by atoms with E-state index in [1.165, 1.54) is 0 Å². The van der Waals surface area contributed by atoms with Gasteiger partial charge in [0.05, 0.1) is 19.7 Å². The molecule has 0 atom stereocenters. The number of amides is 2. The lowest BCUT2D eigenvalue weighted by molar-refractivity contribution is -0.120. The number of fused-ring (bicyclic) bond motifs is 1. The molecule has 1 aromatic carbocycles. The van der Waals surface area contributed by atoms with Crippen LogP contribution in [0.2, 0.25) is 0 Å². The van der Waals surface area contributed by atoms with Gasteiger partial charge in [0.25, 0.3) is 5.91 Å². The zero-order valence-electron chi connectivity index (χ0n) is 14.3. The van der Waals surface area contributed by atoms with Gasteiger partial charge in [-0.15, -0.1) is 10.2 Å². The minimum atomic E-state index is -0.323. The quantitative estimate of drug-likeness (QED) is 0.665. The molecule has 8 heteroatoms. The zero-order chi connectivity index (χ0) is 18.4. The van der Waals surface area contributed by atoms with E-state index in [-0.39, 0.29) is 24.9 Å². The third-order valence-electron chi connectivity index (χ3n) is 3.67. The monoisotopic (exact) mass is 353 g/mol. The Morgan fingerprint density at radius 2 is 1.88 bits per heavy atom. The van der Waals surface area contributed by atoms with Gasteiger partial charge in [0, 0.05) is 11.8 Å². The highest BCUT2D eigenvalue weighted by Crippen LogP contribution is 2.11. The van der Waals surface area contributed by atoms with E-state index in [0.29, 0.717) is 29.4 Å². The molecule has 3 aromatic rings. The van der Waals surface area contributed by atoms with Crippen LogP contribution in [0.25, 0.3) is 5.65 Å². The van der Waals surface area contributed by atoms with Crippen molar-refractivity contribution in [3.05, 3.63) is 60.0 Å². The summed E-state index contributed by atoms with van der Waals surface area (Å²) in [6.07, 6.45) is 1.82. The molecule has 2 aromatic heterocycles. The fourth-order valence-corrected chi connectivity index (χ4v) is 2.38. The molecule has 0 aliphatic carbocycles. The van der Waals surface area contributed by atoms with E-state index in [4.69, 9.17) is 4.74 Å². The summed E-state index contributed by atoms with van der Waals surface area (Å²) in [4.78, 5) is 24.0. The number of benzene rings is 1. The largest absolute Gasteiger partial charge is 0.494 e. The fourth-order valence-electron chi connectivity index (χ4n) is 2.38. The molecule has 0 aliphatic heterocycles. The predicted molar refractivity (Wildman–Crippen MR) is 94.8 cm³/mol. The molecule has 0 saturated carbocycles. The van der Waals surface area contributed by atoms with Gasteiger partial charge >= 0.3 is 0 Å². The van der Waals surface area contributed by atoms with Gasteiger partial charge in [-0.3, -0.25) is 14.0 Å². The normalized spacial score (nSPS) is 10.5. The average Bonchev–Trinajstić information content (AvgIpc) is 3.08. The Morgan fingerprint density at radius 3 is 2.65 bits per heavy atom. The van der Waals surface area contributed by atoms with Crippen molar-refractivity contribution in [3.8, 4) is 5.75 Å². The third kappa shape index (κ3) is 4.15. The van der Waals surface area contributed by atoms with E-state index in [9.17, 15) is 9.59 Å². The molecule has 2 N–H and O–H groups in total. The minimum Gasteiger partial charge on any atom is -0.494 e. The summed E-state index contributed by atoms with van der Waals surface area (Å²) >= 11 is 0. The summed E-state index contributed by atoms with van der Waals surface area (Å²) in [7, 11) is 0. The number of pyridine rings is 1. The van der Waals surface area contributed by atoms with E-state index in [0.717, 1.165) is 0 Å². The van der Waals surface area contributed by atoms with Crippen LogP contribution in [0.3, 0.4) is 0 Å². The molecule has 0 spiro atoms.